The molecule has 0 aromatic heterocycles. The molecule has 0 saturated carbocycles. The Morgan fingerprint density at radius 3 is 2.29 bits per heavy atom. The number of rotatable bonds is 5. The molecule has 5 nitrogen and oxygen atoms in total. The summed E-state index contributed by atoms with van der Waals surface area (Å²) >= 11 is 0. The van der Waals surface area contributed by atoms with Gasteiger partial charge in [0.05, 0.1) is 0 Å². The highest BCUT2D eigenvalue weighted by Gasteiger charge is 2.15. The van der Waals surface area contributed by atoms with E-state index in [4.69, 9.17) is 0 Å². The zero-order valence-corrected chi connectivity index (χ0v) is 8.70. The summed E-state index contributed by atoms with van der Waals surface area (Å²) in [6, 6.07) is 0. The second kappa shape index (κ2) is 6.12. The quantitative estimate of drug-likeness (QED) is 0.365. The lowest BCUT2D eigenvalue weighted by molar-refractivity contribution is -0.158. The average molecular weight is 201 g/mol. The van der Waals surface area contributed by atoms with Crippen LogP contribution in [0.4, 0.5) is 0 Å². The number of carbonyl (C=O) groups is 3. The minimum atomic E-state index is -0.875. The van der Waals surface area contributed by atoms with Crippen molar-refractivity contribution in [1.29, 1.82) is 0 Å². The number of Topliss-reactive ketones (excluding diaryl/α,β-unsaturated/α-hetero) is 1. The number of hydrogen-bond donors (Lipinski definition) is 0. The summed E-state index contributed by atoms with van der Waals surface area (Å²) in [6.45, 7) is 2.97. The third-order valence-corrected chi connectivity index (χ3v) is 1.63. The predicted octanol–water partition coefficient (Wildman–Crippen LogP) is 0.335. The van der Waals surface area contributed by atoms with Crippen LogP contribution in [0, 0.1) is 0 Å². The highest BCUT2D eigenvalue weighted by atomic mass is 16.5. The SMILES string of the molecule is CCCC(=O)C(=O)OCN(C)C(C)=O. The molecule has 0 aromatic carbocycles. The Bertz CT molecular complexity index is 237. The standard InChI is InChI=1S/C9H15NO4/c1-4-5-8(12)9(13)14-6-10(3)7(2)11/h4-6H2,1-3H3. The Balaban J connectivity index is 3.85. The van der Waals surface area contributed by atoms with E-state index < -0.39 is 11.8 Å². The van der Waals surface area contributed by atoms with Crippen LogP contribution >= 0.6 is 0 Å². The van der Waals surface area contributed by atoms with Gasteiger partial charge in [-0.3, -0.25) is 9.59 Å². The van der Waals surface area contributed by atoms with Gasteiger partial charge >= 0.3 is 5.97 Å². The van der Waals surface area contributed by atoms with Crippen molar-refractivity contribution in [3.8, 4) is 0 Å². The van der Waals surface area contributed by atoms with Crippen molar-refractivity contribution in [2.45, 2.75) is 26.7 Å². The van der Waals surface area contributed by atoms with Gasteiger partial charge < -0.3 is 9.64 Å². The van der Waals surface area contributed by atoms with Crippen LogP contribution < -0.4 is 0 Å². The minimum Gasteiger partial charge on any atom is -0.438 e. The molecule has 0 aliphatic rings. The summed E-state index contributed by atoms with van der Waals surface area (Å²) in [4.78, 5) is 33.8. The third kappa shape index (κ3) is 4.59. The minimum absolute atomic E-state index is 0.177. The maximum absolute atomic E-state index is 11.0. The lowest BCUT2D eigenvalue weighted by atomic mass is 10.2. The van der Waals surface area contributed by atoms with Gasteiger partial charge in [-0.25, -0.2) is 4.79 Å². The summed E-state index contributed by atoms with van der Waals surface area (Å²) in [7, 11) is 1.49. The van der Waals surface area contributed by atoms with E-state index in [0.717, 1.165) is 0 Å². The Labute approximate surface area is 83.0 Å². The fourth-order valence-corrected chi connectivity index (χ4v) is 0.656. The molecule has 0 heterocycles. The first-order chi connectivity index (χ1) is 6.49. The number of ketones is 1. The van der Waals surface area contributed by atoms with E-state index in [9.17, 15) is 14.4 Å². The molecule has 14 heavy (non-hydrogen) atoms. The zero-order valence-electron chi connectivity index (χ0n) is 8.70. The molecule has 0 fully saturated rings. The topological polar surface area (TPSA) is 63.7 Å². The van der Waals surface area contributed by atoms with Crippen molar-refractivity contribution in [2.75, 3.05) is 13.8 Å². The molecule has 0 aliphatic carbocycles. The number of amides is 1. The van der Waals surface area contributed by atoms with E-state index in [1.54, 1.807) is 6.92 Å². The van der Waals surface area contributed by atoms with Crippen LogP contribution in [0.3, 0.4) is 0 Å². The van der Waals surface area contributed by atoms with Gasteiger partial charge in [-0.1, -0.05) is 6.92 Å². The lowest BCUT2D eigenvalue weighted by Gasteiger charge is -2.13. The zero-order chi connectivity index (χ0) is 11.1. The molecule has 0 spiro atoms. The van der Waals surface area contributed by atoms with E-state index in [1.807, 2.05) is 0 Å². The number of hydrogen-bond acceptors (Lipinski definition) is 4. The van der Waals surface area contributed by atoms with E-state index in [0.29, 0.717) is 6.42 Å². The van der Waals surface area contributed by atoms with Gasteiger partial charge in [-0.2, -0.15) is 0 Å². The molecular weight excluding hydrogens is 186 g/mol. The lowest BCUT2D eigenvalue weighted by Crippen LogP contribution is -2.30. The van der Waals surface area contributed by atoms with Crippen LogP contribution in [-0.2, 0) is 19.1 Å². The van der Waals surface area contributed by atoms with Crippen LogP contribution in [0.25, 0.3) is 0 Å². The summed E-state index contributed by atoms with van der Waals surface area (Å²) in [5.41, 5.74) is 0. The highest BCUT2D eigenvalue weighted by Crippen LogP contribution is 1.93. The van der Waals surface area contributed by atoms with Crippen molar-refractivity contribution in [1.82, 2.24) is 4.90 Å². The fraction of sp³-hybridized carbons (Fsp3) is 0.667. The highest BCUT2D eigenvalue weighted by molar-refractivity contribution is 6.33. The van der Waals surface area contributed by atoms with Gasteiger partial charge in [-0.15, -0.1) is 0 Å². The average Bonchev–Trinajstić information content (AvgIpc) is 2.13. The molecule has 0 unspecified atom stereocenters. The van der Waals surface area contributed by atoms with E-state index >= 15 is 0 Å². The summed E-state index contributed by atoms with van der Waals surface area (Å²) in [5.74, 6) is -1.65. The molecule has 5 heteroatoms. The molecule has 0 bridgehead atoms. The Kier molecular flexibility index (Phi) is 5.52. The Morgan fingerprint density at radius 2 is 1.86 bits per heavy atom. The normalized spacial score (nSPS) is 9.36. The van der Waals surface area contributed by atoms with Gasteiger partial charge in [0.25, 0.3) is 0 Å². The maximum atomic E-state index is 11.0. The third-order valence-electron chi connectivity index (χ3n) is 1.63. The Morgan fingerprint density at radius 1 is 1.29 bits per heavy atom. The largest absolute Gasteiger partial charge is 0.438 e. The molecule has 0 radical (unpaired) electrons. The number of ether oxygens (including phenoxy) is 1. The number of carbonyl (C=O) groups excluding carboxylic acids is 3. The molecule has 1 amide bonds. The second-order valence-electron chi connectivity index (χ2n) is 2.95. The molecule has 0 N–H and O–H groups in total. The molecule has 0 saturated heterocycles. The van der Waals surface area contributed by atoms with Crippen molar-refractivity contribution in [3.63, 3.8) is 0 Å². The van der Waals surface area contributed by atoms with Gasteiger partial charge in [-0.05, 0) is 6.42 Å². The van der Waals surface area contributed by atoms with Gasteiger partial charge in [0.2, 0.25) is 11.7 Å². The van der Waals surface area contributed by atoms with E-state index in [2.05, 4.69) is 4.74 Å². The van der Waals surface area contributed by atoms with Crippen molar-refractivity contribution < 1.29 is 19.1 Å². The first-order valence-electron chi connectivity index (χ1n) is 4.40. The smallest absolute Gasteiger partial charge is 0.376 e. The van der Waals surface area contributed by atoms with E-state index in [1.165, 1.54) is 18.9 Å². The fourth-order valence-electron chi connectivity index (χ4n) is 0.656. The van der Waals surface area contributed by atoms with Crippen LogP contribution in [-0.4, -0.2) is 36.3 Å². The molecule has 80 valence electrons. The monoisotopic (exact) mass is 201 g/mol. The summed E-state index contributed by atoms with van der Waals surface area (Å²) in [6.07, 6.45) is 0.791. The van der Waals surface area contributed by atoms with Crippen molar-refractivity contribution in [2.24, 2.45) is 0 Å². The second-order valence-corrected chi connectivity index (χ2v) is 2.95. The molecular formula is C9H15NO4. The van der Waals surface area contributed by atoms with Crippen LogP contribution in [0.15, 0.2) is 0 Å². The van der Waals surface area contributed by atoms with Crippen LogP contribution in [0.5, 0.6) is 0 Å². The summed E-state index contributed by atoms with van der Waals surface area (Å²) < 4.78 is 4.60. The number of esters is 1. The maximum Gasteiger partial charge on any atom is 0.376 e. The predicted molar refractivity (Wildman–Crippen MR) is 49.3 cm³/mol. The Hall–Kier alpha value is -1.39. The molecule has 0 aromatic rings. The first kappa shape index (κ1) is 12.6. The van der Waals surface area contributed by atoms with Gasteiger partial charge in [0, 0.05) is 20.4 Å². The van der Waals surface area contributed by atoms with Crippen molar-refractivity contribution >= 4 is 17.7 Å². The van der Waals surface area contributed by atoms with Crippen LogP contribution in [0.1, 0.15) is 26.7 Å². The van der Waals surface area contributed by atoms with Crippen LogP contribution in [0.2, 0.25) is 0 Å². The van der Waals surface area contributed by atoms with Gasteiger partial charge in [0.15, 0.2) is 6.73 Å². The van der Waals surface area contributed by atoms with Gasteiger partial charge in [0.1, 0.15) is 0 Å². The van der Waals surface area contributed by atoms with E-state index in [-0.39, 0.29) is 19.1 Å². The molecule has 0 aliphatic heterocycles. The molecule has 0 atom stereocenters. The number of nitrogens with zero attached hydrogens (tertiary/aromatic N) is 1. The van der Waals surface area contributed by atoms with Crippen molar-refractivity contribution in [3.05, 3.63) is 0 Å². The first-order valence-corrected chi connectivity index (χ1v) is 4.40. The molecule has 0 rings (SSSR count). The summed E-state index contributed by atoms with van der Waals surface area (Å²) in [5, 5.41) is 0.